The number of hydrogen-bond acceptors (Lipinski definition) is 1. The summed E-state index contributed by atoms with van der Waals surface area (Å²) >= 11 is 6.04. The minimum atomic E-state index is 0.725. The van der Waals surface area contributed by atoms with Gasteiger partial charge in [0, 0.05) is 28.5 Å². The Kier molecular flexibility index (Phi) is 2.12. The topological polar surface area (TPSA) is 17.8 Å². The van der Waals surface area contributed by atoms with Crippen LogP contribution in [0.5, 0.6) is 0 Å². The summed E-state index contributed by atoms with van der Waals surface area (Å²) < 4.78 is 2.14. The lowest BCUT2D eigenvalue weighted by atomic mass is 10.1. The minimum Gasteiger partial charge on any atom is -0.328 e. The molecular weight excluding hydrogens is 256 g/mol. The van der Waals surface area contributed by atoms with E-state index in [2.05, 4.69) is 35.9 Å². The molecule has 4 rings (SSSR count). The number of fused-ring (bicyclic) bond motifs is 4. The maximum atomic E-state index is 6.04. The van der Waals surface area contributed by atoms with E-state index in [1.165, 1.54) is 16.5 Å². The van der Waals surface area contributed by atoms with Crippen molar-refractivity contribution in [3.05, 3.63) is 53.6 Å². The Morgan fingerprint density at radius 3 is 2.79 bits per heavy atom. The fourth-order valence-corrected chi connectivity index (χ4v) is 2.87. The largest absolute Gasteiger partial charge is 0.328 e. The van der Waals surface area contributed by atoms with Gasteiger partial charge in [0.25, 0.3) is 0 Å². The summed E-state index contributed by atoms with van der Waals surface area (Å²) in [5.74, 6) is 0.996. The number of aryl methyl sites for hydroxylation is 1. The Morgan fingerprint density at radius 2 is 1.89 bits per heavy atom. The van der Waals surface area contributed by atoms with Crippen LogP contribution in [0.2, 0.25) is 5.02 Å². The van der Waals surface area contributed by atoms with Crippen molar-refractivity contribution in [2.45, 2.75) is 0 Å². The van der Waals surface area contributed by atoms with Crippen LogP contribution in [0, 0.1) is 0 Å². The van der Waals surface area contributed by atoms with Gasteiger partial charge in [-0.2, -0.15) is 0 Å². The van der Waals surface area contributed by atoms with Gasteiger partial charge in [0.1, 0.15) is 5.82 Å². The van der Waals surface area contributed by atoms with Crippen LogP contribution in [0.3, 0.4) is 0 Å². The summed E-state index contributed by atoms with van der Waals surface area (Å²) in [4.78, 5) is 4.70. The molecule has 0 saturated heterocycles. The number of pyridine rings is 1. The summed E-state index contributed by atoms with van der Waals surface area (Å²) in [6.07, 6.45) is 0. The van der Waals surface area contributed by atoms with Crippen molar-refractivity contribution in [3.8, 4) is 11.4 Å². The highest BCUT2D eigenvalue weighted by molar-refractivity contribution is 6.31. The second-order valence-electron chi connectivity index (χ2n) is 4.77. The molecule has 0 N–H and O–H groups in total. The van der Waals surface area contributed by atoms with Gasteiger partial charge in [-0.25, -0.2) is 4.98 Å². The number of rotatable bonds is 0. The first kappa shape index (κ1) is 10.8. The van der Waals surface area contributed by atoms with Crippen LogP contribution in [-0.4, -0.2) is 9.55 Å². The van der Waals surface area contributed by atoms with Crippen LogP contribution in [-0.2, 0) is 7.05 Å². The first-order valence-electron chi connectivity index (χ1n) is 6.17. The van der Waals surface area contributed by atoms with E-state index in [-0.39, 0.29) is 0 Å². The van der Waals surface area contributed by atoms with Crippen molar-refractivity contribution in [2.24, 2.45) is 7.05 Å². The Labute approximate surface area is 115 Å². The highest BCUT2D eigenvalue weighted by Gasteiger charge is 2.15. The number of para-hydroxylation sites is 1. The summed E-state index contributed by atoms with van der Waals surface area (Å²) in [6, 6.07) is 16.4. The highest BCUT2D eigenvalue weighted by atomic mass is 35.5. The van der Waals surface area contributed by atoms with E-state index in [9.17, 15) is 0 Å². The summed E-state index contributed by atoms with van der Waals surface area (Å²) in [5.41, 5.74) is 3.31. The van der Waals surface area contributed by atoms with Crippen LogP contribution < -0.4 is 0 Å². The maximum Gasteiger partial charge on any atom is 0.141 e. The predicted molar refractivity (Wildman–Crippen MR) is 79.9 cm³/mol. The van der Waals surface area contributed by atoms with E-state index in [0.717, 1.165) is 21.7 Å². The van der Waals surface area contributed by atoms with Gasteiger partial charge in [0.2, 0.25) is 0 Å². The van der Waals surface area contributed by atoms with Gasteiger partial charge in [-0.05, 0) is 29.7 Å². The van der Waals surface area contributed by atoms with Crippen molar-refractivity contribution in [1.29, 1.82) is 0 Å². The van der Waals surface area contributed by atoms with Crippen molar-refractivity contribution >= 4 is 33.4 Å². The Bertz CT molecular complexity index is 892. The molecule has 2 aromatic carbocycles. The van der Waals surface area contributed by atoms with Crippen LogP contribution in [0.1, 0.15) is 0 Å². The summed E-state index contributed by atoms with van der Waals surface area (Å²) in [6.45, 7) is 0. The molecule has 0 radical (unpaired) electrons. The number of nitrogens with zero attached hydrogens (tertiary/aromatic N) is 2. The molecule has 19 heavy (non-hydrogen) atoms. The molecule has 2 aliphatic rings. The number of benzene rings is 2. The standard InChI is InChI=1S/C16H11ClN2/c1-19-15-5-3-2-4-10(15)8-13-12-7-6-11(17)9-14(12)18-16(13)19/h2-9H,1H3. The lowest BCUT2D eigenvalue weighted by Crippen LogP contribution is -1.98. The van der Waals surface area contributed by atoms with Crippen LogP contribution >= 0.6 is 11.6 Å². The molecule has 0 spiro atoms. The maximum absolute atomic E-state index is 6.04. The third-order valence-electron chi connectivity index (χ3n) is 3.63. The molecule has 0 fully saturated rings. The van der Waals surface area contributed by atoms with Gasteiger partial charge in [-0.1, -0.05) is 35.9 Å². The van der Waals surface area contributed by atoms with E-state index in [4.69, 9.17) is 16.6 Å². The third kappa shape index (κ3) is 1.47. The molecule has 2 aliphatic heterocycles. The average Bonchev–Trinajstić information content (AvgIpc) is 2.77. The van der Waals surface area contributed by atoms with Gasteiger partial charge in [0.15, 0.2) is 0 Å². The quantitative estimate of drug-likeness (QED) is 0.459. The monoisotopic (exact) mass is 266 g/mol. The van der Waals surface area contributed by atoms with E-state index in [1.54, 1.807) is 0 Å². The van der Waals surface area contributed by atoms with Crippen LogP contribution in [0.25, 0.3) is 33.2 Å². The zero-order valence-corrected chi connectivity index (χ0v) is 11.1. The second-order valence-corrected chi connectivity index (χ2v) is 5.21. The fraction of sp³-hybridized carbons (Fsp3) is 0.0625. The molecule has 92 valence electrons. The fourth-order valence-electron chi connectivity index (χ4n) is 2.70. The molecule has 0 bridgehead atoms. The minimum absolute atomic E-state index is 0.725. The molecule has 0 unspecified atom stereocenters. The van der Waals surface area contributed by atoms with Crippen LogP contribution in [0.15, 0.2) is 48.5 Å². The van der Waals surface area contributed by atoms with Crippen LogP contribution in [0.4, 0.5) is 0 Å². The van der Waals surface area contributed by atoms with Gasteiger partial charge in [-0.3, -0.25) is 0 Å². The number of halogens is 1. The molecule has 3 heteroatoms. The molecule has 0 aromatic heterocycles. The first-order chi connectivity index (χ1) is 9.24. The molecule has 0 amide bonds. The van der Waals surface area contributed by atoms with Crippen molar-refractivity contribution < 1.29 is 0 Å². The molecule has 0 saturated carbocycles. The lowest BCUT2D eigenvalue weighted by Gasteiger charge is -2.10. The second kappa shape index (κ2) is 3.72. The Hall–Kier alpha value is -2.06. The van der Waals surface area contributed by atoms with Gasteiger partial charge >= 0.3 is 0 Å². The Balaban J connectivity index is 2.25. The van der Waals surface area contributed by atoms with Gasteiger partial charge < -0.3 is 4.57 Å². The average molecular weight is 267 g/mol. The SMILES string of the molecule is Cn1c2nc3cc(Cl)ccc3c-2cc2ccccc21. The summed E-state index contributed by atoms with van der Waals surface area (Å²) in [5, 5.41) is 3.10. The predicted octanol–water partition coefficient (Wildman–Crippen LogP) is 4.48. The van der Waals surface area contributed by atoms with Gasteiger partial charge in [-0.15, -0.1) is 0 Å². The van der Waals surface area contributed by atoms with E-state index in [0.29, 0.717) is 0 Å². The van der Waals surface area contributed by atoms with E-state index in [1.807, 2.05) is 24.3 Å². The Morgan fingerprint density at radius 1 is 1.05 bits per heavy atom. The highest BCUT2D eigenvalue weighted by Crippen LogP contribution is 2.34. The van der Waals surface area contributed by atoms with Gasteiger partial charge in [0.05, 0.1) is 5.52 Å². The molecule has 0 aliphatic carbocycles. The number of aromatic nitrogens is 2. The molecule has 2 aromatic rings. The van der Waals surface area contributed by atoms with Crippen molar-refractivity contribution in [3.63, 3.8) is 0 Å². The van der Waals surface area contributed by atoms with Crippen molar-refractivity contribution in [2.75, 3.05) is 0 Å². The lowest BCUT2D eigenvalue weighted by molar-refractivity contribution is 0.939. The van der Waals surface area contributed by atoms with E-state index < -0.39 is 0 Å². The zero-order chi connectivity index (χ0) is 13.0. The van der Waals surface area contributed by atoms with Crippen molar-refractivity contribution in [1.82, 2.24) is 9.55 Å². The molecular formula is C16H11ClN2. The number of hydrogen-bond donors (Lipinski definition) is 0. The molecule has 2 nitrogen and oxygen atoms in total. The molecule has 2 heterocycles. The molecule has 0 atom stereocenters. The first-order valence-corrected chi connectivity index (χ1v) is 6.55. The summed E-state index contributed by atoms with van der Waals surface area (Å²) in [7, 11) is 2.05. The van der Waals surface area contributed by atoms with E-state index >= 15 is 0 Å². The normalized spacial score (nSPS) is 11.7. The third-order valence-corrected chi connectivity index (χ3v) is 3.87. The smallest absolute Gasteiger partial charge is 0.141 e. The zero-order valence-electron chi connectivity index (χ0n) is 10.4.